The van der Waals surface area contributed by atoms with Crippen molar-refractivity contribution in [3.05, 3.63) is 29.8 Å². The Kier molecular flexibility index (Phi) is 4.84. The van der Waals surface area contributed by atoms with Gasteiger partial charge in [0.2, 0.25) is 0 Å². The van der Waals surface area contributed by atoms with E-state index < -0.39 is 0 Å². The van der Waals surface area contributed by atoms with Crippen LogP contribution >= 0.6 is 0 Å². The maximum Gasteiger partial charge on any atom is 0.189 e. The zero-order chi connectivity index (χ0) is 11.1. The summed E-state index contributed by atoms with van der Waals surface area (Å²) in [4.78, 5) is 10.6. The Morgan fingerprint density at radius 3 is 2.73 bits per heavy atom. The first-order chi connectivity index (χ1) is 7.24. The second-order valence-corrected chi connectivity index (χ2v) is 3.68. The zero-order valence-electron chi connectivity index (χ0n) is 9.10. The van der Waals surface area contributed by atoms with E-state index in [0.717, 1.165) is 6.29 Å². The van der Waals surface area contributed by atoms with Crippen molar-refractivity contribution < 1.29 is 14.3 Å². The molecule has 1 aromatic carbocycles. The van der Waals surface area contributed by atoms with Crippen LogP contribution in [0.15, 0.2) is 24.3 Å². The van der Waals surface area contributed by atoms with Crippen LogP contribution in [-0.4, -0.2) is 19.7 Å². The summed E-state index contributed by atoms with van der Waals surface area (Å²) in [6.45, 7) is 4.98. The molecule has 0 N–H and O–H groups in total. The van der Waals surface area contributed by atoms with E-state index in [1.54, 1.807) is 18.2 Å². The van der Waals surface area contributed by atoms with Gasteiger partial charge in [0.25, 0.3) is 0 Å². The van der Waals surface area contributed by atoms with E-state index in [-0.39, 0.29) is 6.79 Å². The number of hydrogen-bond acceptors (Lipinski definition) is 3. The monoisotopic (exact) mass is 208 g/mol. The molecule has 0 atom stereocenters. The SMILES string of the molecule is CC(C)COCOc1ccccc1C=O. The second kappa shape index (κ2) is 6.19. The highest BCUT2D eigenvalue weighted by molar-refractivity contribution is 5.79. The van der Waals surface area contributed by atoms with Gasteiger partial charge in [0.05, 0.1) is 12.2 Å². The van der Waals surface area contributed by atoms with Crippen molar-refractivity contribution in [2.24, 2.45) is 5.92 Å². The summed E-state index contributed by atoms with van der Waals surface area (Å²) >= 11 is 0. The molecular formula is C12H16O3. The van der Waals surface area contributed by atoms with E-state index in [9.17, 15) is 4.79 Å². The van der Waals surface area contributed by atoms with Crippen LogP contribution in [0.3, 0.4) is 0 Å². The fraction of sp³-hybridized carbons (Fsp3) is 0.417. The van der Waals surface area contributed by atoms with Crippen molar-refractivity contribution in [3.63, 3.8) is 0 Å². The summed E-state index contributed by atoms with van der Waals surface area (Å²) < 4.78 is 10.6. The molecule has 1 rings (SSSR count). The molecule has 0 radical (unpaired) electrons. The Morgan fingerprint density at radius 1 is 1.33 bits per heavy atom. The molecule has 1 aromatic rings. The minimum atomic E-state index is 0.184. The lowest BCUT2D eigenvalue weighted by Crippen LogP contribution is -2.08. The Bertz CT molecular complexity index is 307. The maximum absolute atomic E-state index is 10.6. The number of aldehydes is 1. The summed E-state index contributed by atoms with van der Waals surface area (Å²) in [5, 5.41) is 0. The number of para-hydroxylation sites is 1. The number of ether oxygens (including phenoxy) is 2. The maximum atomic E-state index is 10.6. The van der Waals surface area contributed by atoms with E-state index in [2.05, 4.69) is 13.8 Å². The summed E-state index contributed by atoms with van der Waals surface area (Å²) in [5.74, 6) is 1.05. The van der Waals surface area contributed by atoms with Crippen molar-refractivity contribution in [3.8, 4) is 5.75 Å². The van der Waals surface area contributed by atoms with Gasteiger partial charge in [-0.05, 0) is 18.1 Å². The van der Waals surface area contributed by atoms with Gasteiger partial charge in [0, 0.05) is 0 Å². The van der Waals surface area contributed by atoms with Gasteiger partial charge in [-0.3, -0.25) is 4.79 Å². The molecular weight excluding hydrogens is 192 g/mol. The molecule has 0 spiro atoms. The highest BCUT2D eigenvalue weighted by atomic mass is 16.7. The Labute approximate surface area is 90.0 Å². The smallest absolute Gasteiger partial charge is 0.189 e. The lowest BCUT2D eigenvalue weighted by atomic mass is 10.2. The van der Waals surface area contributed by atoms with Crippen molar-refractivity contribution in [1.82, 2.24) is 0 Å². The third-order valence-electron chi connectivity index (χ3n) is 1.79. The first-order valence-corrected chi connectivity index (χ1v) is 4.98. The Hall–Kier alpha value is -1.35. The van der Waals surface area contributed by atoms with Crippen LogP contribution in [0.25, 0.3) is 0 Å². The van der Waals surface area contributed by atoms with Gasteiger partial charge in [-0.1, -0.05) is 26.0 Å². The van der Waals surface area contributed by atoms with Crippen molar-refractivity contribution in [2.75, 3.05) is 13.4 Å². The normalized spacial score (nSPS) is 10.3. The summed E-state index contributed by atoms with van der Waals surface area (Å²) in [6.07, 6.45) is 0.776. The molecule has 0 saturated heterocycles. The number of benzene rings is 1. The molecule has 3 nitrogen and oxygen atoms in total. The van der Waals surface area contributed by atoms with Crippen LogP contribution in [0.2, 0.25) is 0 Å². The predicted octanol–water partition coefficient (Wildman–Crippen LogP) is 2.51. The third kappa shape index (κ3) is 4.13. The summed E-state index contributed by atoms with van der Waals surface area (Å²) in [7, 11) is 0. The first-order valence-electron chi connectivity index (χ1n) is 4.98. The van der Waals surface area contributed by atoms with Gasteiger partial charge < -0.3 is 9.47 Å². The van der Waals surface area contributed by atoms with Crippen LogP contribution in [-0.2, 0) is 4.74 Å². The Morgan fingerprint density at radius 2 is 2.07 bits per heavy atom. The molecule has 15 heavy (non-hydrogen) atoms. The molecule has 0 unspecified atom stereocenters. The molecule has 0 aliphatic rings. The van der Waals surface area contributed by atoms with Crippen LogP contribution in [0.4, 0.5) is 0 Å². The second-order valence-electron chi connectivity index (χ2n) is 3.68. The average Bonchev–Trinajstić information content (AvgIpc) is 2.24. The molecule has 0 amide bonds. The zero-order valence-corrected chi connectivity index (χ0v) is 9.10. The van der Waals surface area contributed by atoms with Crippen molar-refractivity contribution >= 4 is 6.29 Å². The minimum absolute atomic E-state index is 0.184. The van der Waals surface area contributed by atoms with Gasteiger partial charge in [-0.15, -0.1) is 0 Å². The quantitative estimate of drug-likeness (QED) is 0.409. The average molecular weight is 208 g/mol. The topological polar surface area (TPSA) is 35.5 Å². The van der Waals surface area contributed by atoms with Crippen LogP contribution in [0.1, 0.15) is 24.2 Å². The van der Waals surface area contributed by atoms with Gasteiger partial charge in [0.1, 0.15) is 5.75 Å². The molecule has 0 aliphatic carbocycles. The molecule has 0 fully saturated rings. The lowest BCUT2D eigenvalue weighted by Gasteiger charge is -2.09. The van der Waals surface area contributed by atoms with E-state index in [4.69, 9.17) is 9.47 Å². The Balaban J connectivity index is 2.40. The largest absolute Gasteiger partial charge is 0.467 e. The lowest BCUT2D eigenvalue weighted by molar-refractivity contribution is 0.00247. The molecule has 82 valence electrons. The van der Waals surface area contributed by atoms with Crippen LogP contribution in [0.5, 0.6) is 5.75 Å². The fourth-order valence-corrected chi connectivity index (χ4v) is 1.10. The van der Waals surface area contributed by atoms with Gasteiger partial charge in [0.15, 0.2) is 13.1 Å². The number of carbonyl (C=O) groups excluding carboxylic acids is 1. The predicted molar refractivity (Wildman–Crippen MR) is 58.1 cm³/mol. The molecule has 0 aliphatic heterocycles. The summed E-state index contributed by atoms with van der Waals surface area (Å²) in [5.41, 5.74) is 0.547. The van der Waals surface area contributed by atoms with Crippen LogP contribution < -0.4 is 4.74 Å². The number of carbonyl (C=O) groups is 1. The van der Waals surface area contributed by atoms with Crippen molar-refractivity contribution in [1.29, 1.82) is 0 Å². The highest BCUT2D eigenvalue weighted by Crippen LogP contribution is 2.15. The summed E-state index contributed by atoms with van der Waals surface area (Å²) in [6, 6.07) is 7.09. The van der Waals surface area contributed by atoms with Crippen molar-refractivity contribution in [2.45, 2.75) is 13.8 Å². The number of rotatable bonds is 6. The van der Waals surface area contributed by atoms with E-state index in [1.807, 2.05) is 6.07 Å². The van der Waals surface area contributed by atoms with Crippen LogP contribution in [0, 0.1) is 5.92 Å². The minimum Gasteiger partial charge on any atom is -0.467 e. The van der Waals surface area contributed by atoms with Gasteiger partial charge in [-0.2, -0.15) is 0 Å². The van der Waals surface area contributed by atoms with E-state index in [1.165, 1.54) is 0 Å². The number of hydrogen-bond donors (Lipinski definition) is 0. The standard InChI is InChI=1S/C12H16O3/c1-10(2)8-14-9-15-12-6-4-3-5-11(12)7-13/h3-7,10H,8-9H2,1-2H3. The van der Waals surface area contributed by atoms with E-state index in [0.29, 0.717) is 23.8 Å². The molecule has 0 heterocycles. The van der Waals surface area contributed by atoms with Gasteiger partial charge in [-0.25, -0.2) is 0 Å². The first kappa shape index (κ1) is 11.7. The molecule has 0 saturated carbocycles. The van der Waals surface area contributed by atoms with Gasteiger partial charge >= 0.3 is 0 Å². The van der Waals surface area contributed by atoms with E-state index >= 15 is 0 Å². The third-order valence-corrected chi connectivity index (χ3v) is 1.79. The molecule has 0 bridgehead atoms. The molecule has 0 aromatic heterocycles. The fourth-order valence-electron chi connectivity index (χ4n) is 1.10. The highest BCUT2D eigenvalue weighted by Gasteiger charge is 2.01. The molecule has 3 heteroatoms.